The average Bonchev–Trinajstić information content (AvgIpc) is 2.43. The Morgan fingerprint density at radius 1 is 1.10 bits per heavy atom. The van der Waals surface area contributed by atoms with Crippen LogP contribution in [0.25, 0.3) is 0 Å². The summed E-state index contributed by atoms with van der Waals surface area (Å²) in [5.41, 5.74) is 0. The summed E-state index contributed by atoms with van der Waals surface area (Å²) in [6.07, 6.45) is 11.8. The van der Waals surface area contributed by atoms with Crippen LogP contribution in [-0.2, 0) is 9.47 Å². The van der Waals surface area contributed by atoms with E-state index in [0.717, 1.165) is 25.4 Å². The number of hydrogen-bond donors (Lipinski definition) is 0. The highest BCUT2D eigenvalue weighted by Crippen LogP contribution is 2.47. The van der Waals surface area contributed by atoms with Crippen molar-refractivity contribution < 1.29 is 9.47 Å². The van der Waals surface area contributed by atoms with Crippen LogP contribution in [0.15, 0.2) is 0 Å². The van der Waals surface area contributed by atoms with Gasteiger partial charge in [0.1, 0.15) is 0 Å². The summed E-state index contributed by atoms with van der Waals surface area (Å²) in [6.45, 7) is 10.2. The van der Waals surface area contributed by atoms with E-state index >= 15 is 0 Å². The Labute approximate surface area is 132 Å². The van der Waals surface area contributed by atoms with Crippen molar-refractivity contribution in [2.24, 2.45) is 17.8 Å². The van der Waals surface area contributed by atoms with Gasteiger partial charge in [-0.2, -0.15) is 0 Å². The Kier molecular flexibility index (Phi) is 6.55. The summed E-state index contributed by atoms with van der Waals surface area (Å²) in [6, 6.07) is 0. The van der Waals surface area contributed by atoms with Gasteiger partial charge < -0.3 is 9.47 Å². The molecule has 0 aromatic heterocycles. The van der Waals surface area contributed by atoms with E-state index in [4.69, 9.17) is 9.47 Å². The lowest BCUT2D eigenvalue weighted by molar-refractivity contribution is -0.339. The Bertz CT molecular complexity index is 302. The molecular formula is C19H36O2. The zero-order valence-electron chi connectivity index (χ0n) is 14.7. The molecule has 2 fully saturated rings. The highest BCUT2D eigenvalue weighted by atomic mass is 16.7. The molecule has 0 radical (unpaired) electrons. The summed E-state index contributed by atoms with van der Waals surface area (Å²) < 4.78 is 12.9. The first-order chi connectivity index (χ1) is 10.1. The second kappa shape index (κ2) is 7.97. The van der Waals surface area contributed by atoms with E-state index in [2.05, 4.69) is 27.7 Å². The van der Waals surface area contributed by atoms with Crippen molar-refractivity contribution in [1.82, 2.24) is 0 Å². The van der Waals surface area contributed by atoms with Crippen LogP contribution in [0.1, 0.15) is 85.5 Å². The van der Waals surface area contributed by atoms with Crippen LogP contribution in [-0.4, -0.2) is 18.5 Å². The van der Waals surface area contributed by atoms with E-state index in [1.54, 1.807) is 0 Å². The molecule has 1 aliphatic heterocycles. The molecule has 4 atom stereocenters. The lowest BCUT2D eigenvalue weighted by Gasteiger charge is -2.51. The molecule has 21 heavy (non-hydrogen) atoms. The van der Waals surface area contributed by atoms with Crippen molar-refractivity contribution in [1.29, 1.82) is 0 Å². The molecular weight excluding hydrogens is 260 g/mol. The van der Waals surface area contributed by atoms with Crippen LogP contribution in [0.5, 0.6) is 0 Å². The maximum absolute atomic E-state index is 6.62. The van der Waals surface area contributed by atoms with E-state index in [1.807, 2.05) is 0 Å². The third-order valence-corrected chi connectivity index (χ3v) is 5.51. The molecule has 1 saturated heterocycles. The minimum Gasteiger partial charge on any atom is -0.349 e. The molecule has 0 unspecified atom stereocenters. The number of unbranched alkanes of at least 4 members (excludes halogenated alkanes) is 3. The summed E-state index contributed by atoms with van der Waals surface area (Å²) in [4.78, 5) is 0. The summed E-state index contributed by atoms with van der Waals surface area (Å²) >= 11 is 0. The maximum Gasteiger partial charge on any atom is 0.171 e. The maximum atomic E-state index is 6.62. The normalized spacial score (nSPS) is 37.3. The molecule has 1 saturated carbocycles. The molecule has 0 bridgehead atoms. The number of rotatable bonds is 6. The fourth-order valence-electron chi connectivity index (χ4n) is 4.31. The molecule has 2 aliphatic rings. The fraction of sp³-hybridized carbons (Fsp3) is 1.00. The molecule has 2 nitrogen and oxygen atoms in total. The van der Waals surface area contributed by atoms with E-state index in [-0.39, 0.29) is 5.79 Å². The van der Waals surface area contributed by atoms with Gasteiger partial charge in [0.15, 0.2) is 5.79 Å². The van der Waals surface area contributed by atoms with Crippen LogP contribution in [0.2, 0.25) is 0 Å². The highest BCUT2D eigenvalue weighted by molar-refractivity contribution is 4.91. The standard InChI is InChI=1S/C19H36O2/c1-5-6-7-8-9-17-12-13-20-19(21-17)14-16(4)10-11-18(19)15(2)3/h15-18H,5-14H2,1-4H3/t16-,17-,18+,19-/m0/s1. The second-order valence-corrected chi connectivity index (χ2v) is 7.78. The lowest BCUT2D eigenvalue weighted by atomic mass is 9.72. The predicted molar refractivity (Wildman–Crippen MR) is 88.3 cm³/mol. The van der Waals surface area contributed by atoms with E-state index in [1.165, 1.54) is 44.9 Å². The Morgan fingerprint density at radius 3 is 2.62 bits per heavy atom. The summed E-state index contributed by atoms with van der Waals surface area (Å²) in [5, 5.41) is 0. The Morgan fingerprint density at radius 2 is 1.90 bits per heavy atom. The first kappa shape index (κ1) is 17.3. The number of hydrogen-bond acceptors (Lipinski definition) is 2. The molecule has 124 valence electrons. The minimum absolute atomic E-state index is 0.264. The topological polar surface area (TPSA) is 18.5 Å². The van der Waals surface area contributed by atoms with Crippen molar-refractivity contribution in [2.75, 3.05) is 6.61 Å². The first-order valence-electron chi connectivity index (χ1n) is 9.39. The molecule has 1 spiro atoms. The summed E-state index contributed by atoms with van der Waals surface area (Å²) in [5.74, 6) is 1.70. The van der Waals surface area contributed by atoms with Gasteiger partial charge in [0.25, 0.3) is 0 Å². The van der Waals surface area contributed by atoms with Crippen LogP contribution in [0, 0.1) is 17.8 Å². The van der Waals surface area contributed by atoms with Gasteiger partial charge in [-0.1, -0.05) is 59.8 Å². The minimum atomic E-state index is -0.264. The third kappa shape index (κ3) is 4.45. The van der Waals surface area contributed by atoms with E-state index in [0.29, 0.717) is 17.9 Å². The third-order valence-electron chi connectivity index (χ3n) is 5.51. The molecule has 0 N–H and O–H groups in total. The highest BCUT2D eigenvalue weighted by Gasteiger charge is 2.49. The zero-order chi connectivity index (χ0) is 15.3. The molecule has 0 aromatic rings. The Hall–Kier alpha value is -0.0800. The van der Waals surface area contributed by atoms with E-state index < -0.39 is 0 Å². The molecule has 0 aromatic carbocycles. The van der Waals surface area contributed by atoms with Crippen LogP contribution in [0.3, 0.4) is 0 Å². The van der Waals surface area contributed by atoms with Crippen LogP contribution >= 0.6 is 0 Å². The first-order valence-corrected chi connectivity index (χ1v) is 9.39. The zero-order valence-corrected chi connectivity index (χ0v) is 14.7. The second-order valence-electron chi connectivity index (χ2n) is 7.78. The van der Waals surface area contributed by atoms with Crippen molar-refractivity contribution >= 4 is 0 Å². The van der Waals surface area contributed by atoms with Crippen LogP contribution in [0.4, 0.5) is 0 Å². The van der Waals surface area contributed by atoms with Gasteiger partial charge in [-0.15, -0.1) is 0 Å². The smallest absolute Gasteiger partial charge is 0.171 e. The molecule has 0 amide bonds. The molecule has 1 heterocycles. The van der Waals surface area contributed by atoms with Crippen molar-refractivity contribution in [3.8, 4) is 0 Å². The summed E-state index contributed by atoms with van der Waals surface area (Å²) in [7, 11) is 0. The van der Waals surface area contributed by atoms with Crippen molar-refractivity contribution in [2.45, 2.75) is 97.4 Å². The lowest BCUT2D eigenvalue weighted by Crippen LogP contribution is -2.54. The SMILES string of the molecule is CCCCCC[C@H]1CCO[C@@]2(C[C@@H](C)CC[C@@H]2C(C)C)O1. The molecule has 2 rings (SSSR count). The van der Waals surface area contributed by atoms with Gasteiger partial charge in [0, 0.05) is 12.3 Å². The van der Waals surface area contributed by atoms with E-state index in [9.17, 15) is 0 Å². The molecule has 1 aliphatic carbocycles. The fourth-order valence-corrected chi connectivity index (χ4v) is 4.31. The quantitative estimate of drug-likeness (QED) is 0.598. The largest absolute Gasteiger partial charge is 0.349 e. The van der Waals surface area contributed by atoms with Gasteiger partial charge in [-0.05, 0) is 31.1 Å². The van der Waals surface area contributed by atoms with Gasteiger partial charge in [-0.25, -0.2) is 0 Å². The van der Waals surface area contributed by atoms with Gasteiger partial charge in [-0.3, -0.25) is 0 Å². The molecule has 2 heteroatoms. The number of ether oxygens (including phenoxy) is 2. The predicted octanol–water partition coefficient (Wildman–Crippen LogP) is 5.55. The van der Waals surface area contributed by atoms with Crippen LogP contribution < -0.4 is 0 Å². The van der Waals surface area contributed by atoms with Gasteiger partial charge in [0.2, 0.25) is 0 Å². The monoisotopic (exact) mass is 296 g/mol. The average molecular weight is 296 g/mol. The van der Waals surface area contributed by atoms with Crippen molar-refractivity contribution in [3.63, 3.8) is 0 Å². The van der Waals surface area contributed by atoms with Gasteiger partial charge in [0.05, 0.1) is 12.7 Å². The van der Waals surface area contributed by atoms with Crippen molar-refractivity contribution in [3.05, 3.63) is 0 Å². The Balaban J connectivity index is 1.95. The van der Waals surface area contributed by atoms with Gasteiger partial charge >= 0.3 is 0 Å².